The molecule has 0 radical (unpaired) electrons. The normalized spacial score (nSPS) is 30.0. The number of hydrogen-bond donors (Lipinski definition) is 0. The van der Waals surface area contributed by atoms with Crippen molar-refractivity contribution in [1.82, 2.24) is 9.88 Å². The molecule has 5 nitrogen and oxygen atoms in total. The molecule has 2 heterocycles. The highest BCUT2D eigenvalue weighted by atomic mass is 19.1. The lowest BCUT2D eigenvalue weighted by molar-refractivity contribution is -0.160. The molecule has 6 heteroatoms. The van der Waals surface area contributed by atoms with E-state index in [-0.39, 0.29) is 48.0 Å². The molecule has 4 aliphatic rings. The molecule has 0 amide bonds. The third-order valence-corrected chi connectivity index (χ3v) is 11.1. The first-order valence-corrected chi connectivity index (χ1v) is 15.5. The predicted molar refractivity (Wildman–Crippen MR) is 160 cm³/mol. The van der Waals surface area contributed by atoms with Gasteiger partial charge in [-0.05, 0) is 112 Å². The third kappa shape index (κ3) is 4.07. The minimum Gasteiger partial charge on any atom is -0.460 e. The Morgan fingerprint density at radius 3 is 2.49 bits per heavy atom. The zero-order valence-electron chi connectivity index (χ0n) is 25.6. The maximum atomic E-state index is 15.2. The number of pyridine rings is 1. The first-order valence-electron chi connectivity index (χ1n) is 15.5. The van der Waals surface area contributed by atoms with Crippen molar-refractivity contribution in [2.75, 3.05) is 20.7 Å². The quantitative estimate of drug-likeness (QED) is 0.377. The van der Waals surface area contributed by atoms with Gasteiger partial charge in [-0.25, -0.2) is 9.37 Å². The summed E-state index contributed by atoms with van der Waals surface area (Å²) in [6.45, 7) is 10.2. The molecule has 0 bridgehead atoms. The summed E-state index contributed by atoms with van der Waals surface area (Å²) in [4.78, 5) is 35.3. The van der Waals surface area contributed by atoms with Crippen LogP contribution >= 0.6 is 0 Å². The van der Waals surface area contributed by atoms with Gasteiger partial charge in [-0.2, -0.15) is 0 Å². The van der Waals surface area contributed by atoms with E-state index in [1.807, 2.05) is 20.8 Å². The number of ketones is 1. The molecule has 0 saturated heterocycles. The molecule has 1 fully saturated rings. The van der Waals surface area contributed by atoms with E-state index >= 15 is 4.39 Å². The molecule has 1 aromatic heterocycles. The molecule has 6 rings (SSSR count). The minimum atomic E-state index is -0.821. The molecule has 3 aliphatic carbocycles. The van der Waals surface area contributed by atoms with Gasteiger partial charge >= 0.3 is 5.97 Å². The van der Waals surface area contributed by atoms with Crippen LogP contribution in [0, 0.1) is 35.9 Å². The Bertz CT molecular complexity index is 1530. The molecule has 0 N–H and O–H groups in total. The summed E-state index contributed by atoms with van der Waals surface area (Å²) in [6.07, 6.45) is 8.11. The van der Waals surface area contributed by atoms with Gasteiger partial charge in [0.1, 0.15) is 12.4 Å². The van der Waals surface area contributed by atoms with Crippen LogP contribution in [-0.4, -0.2) is 42.3 Å². The van der Waals surface area contributed by atoms with Crippen LogP contribution in [0.1, 0.15) is 93.8 Å². The van der Waals surface area contributed by atoms with Crippen LogP contribution in [0.2, 0.25) is 0 Å². The number of carbonyl (C=O) groups is 2. The maximum absolute atomic E-state index is 15.2. The van der Waals surface area contributed by atoms with Crippen LogP contribution in [0.15, 0.2) is 23.3 Å². The van der Waals surface area contributed by atoms with Crippen LogP contribution in [0.25, 0.3) is 16.5 Å². The average Bonchev–Trinajstić information content (AvgIpc) is 2.91. The molecular weight excluding hydrogens is 515 g/mol. The van der Waals surface area contributed by atoms with Crippen LogP contribution in [0.5, 0.6) is 0 Å². The predicted octanol–water partition coefficient (Wildman–Crippen LogP) is 7.08. The summed E-state index contributed by atoms with van der Waals surface area (Å²) >= 11 is 0. The Kier molecular flexibility index (Phi) is 7.00. The summed E-state index contributed by atoms with van der Waals surface area (Å²) in [7, 11) is 4.23. The van der Waals surface area contributed by atoms with Gasteiger partial charge in [-0.15, -0.1) is 0 Å². The fourth-order valence-electron chi connectivity index (χ4n) is 8.17. The standard InChI is InChI=1S/C35H43FN2O3/c1-8-35(22-10-9-11-22)26-15-19(3)32-24(14-18(2)20(4)33(39)25(26)17-41-34(35)40)31-29(38(6)7)13-12-23-21(5)27(36)16-28(37-32)30(23)31/h15-16,18,20,22,29H,8-14,17H2,1-7H3/b19-15+/t18?,20?,29-,35-/m0/s1. The van der Waals surface area contributed by atoms with Gasteiger partial charge in [-0.3, -0.25) is 9.59 Å². The maximum Gasteiger partial charge on any atom is 0.317 e. The first kappa shape index (κ1) is 28.3. The monoisotopic (exact) mass is 558 g/mol. The number of rotatable bonds is 3. The van der Waals surface area contributed by atoms with Crippen molar-refractivity contribution < 1.29 is 18.7 Å². The second kappa shape index (κ2) is 10.1. The molecule has 1 aliphatic heterocycles. The van der Waals surface area contributed by atoms with Crippen molar-refractivity contribution in [3.63, 3.8) is 0 Å². The number of benzene rings is 1. The Hall–Kier alpha value is -2.86. The van der Waals surface area contributed by atoms with E-state index in [0.29, 0.717) is 29.5 Å². The lowest BCUT2D eigenvalue weighted by Crippen LogP contribution is -2.48. The number of aromatic nitrogens is 1. The van der Waals surface area contributed by atoms with Gasteiger partial charge in [0.05, 0.1) is 16.6 Å². The van der Waals surface area contributed by atoms with Crippen molar-refractivity contribution in [3.8, 4) is 0 Å². The molecule has 2 unspecified atom stereocenters. The number of esters is 1. The van der Waals surface area contributed by atoms with Gasteiger partial charge in [0.2, 0.25) is 0 Å². The largest absolute Gasteiger partial charge is 0.460 e. The second-order valence-electron chi connectivity index (χ2n) is 13.3. The van der Waals surface area contributed by atoms with Crippen LogP contribution in [0.4, 0.5) is 4.39 Å². The first-order chi connectivity index (χ1) is 19.5. The smallest absolute Gasteiger partial charge is 0.317 e. The van der Waals surface area contributed by atoms with Crippen LogP contribution in [-0.2, 0) is 27.2 Å². The summed E-state index contributed by atoms with van der Waals surface area (Å²) in [5.41, 5.74) is 7.34. The van der Waals surface area contributed by atoms with E-state index in [2.05, 4.69) is 38.9 Å². The lowest BCUT2D eigenvalue weighted by atomic mass is 9.58. The van der Waals surface area contributed by atoms with Gasteiger partial charge in [-0.1, -0.05) is 33.3 Å². The number of nitrogens with zero attached hydrogens (tertiary/aromatic N) is 2. The average molecular weight is 559 g/mol. The summed E-state index contributed by atoms with van der Waals surface area (Å²) in [5, 5.41) is 1.09. The van der Waals surface area contributed by atoms with Crippen LogP contribution < -0.4 is 0 Å². The number of aryl methyl sites for hydroxylation is 1. The second-order valence-corrected chi connectivity index (χ2v) is 13.3. The summed E-state index contributed by atoms with van der Waals surface area (Å²) in [5.74, 6) is -0.349. The molecule has 218 valence electrons. The Morgan fingerprint density at radius 1 is 1.12 bits per heavy atom. The van der Waals surface area contributed by atoms with Crippen LogP contribution in [0.3, 0.4) is 0 Å². The molecule has 1 aromatic carbocycles. The third-order valence-electron chi connectivity index (χ3n) is 11.1. The van der Waals surface area contributed by atoms with E-state index in [0.717, 1.165) is 65.5 Å². The molecule has 2 aromatic rings. The SMILES string of the molecule is CC[C@@]1(C2CCC2)C(=O)OCC2=C1/C=C(\C)c1nc3cc(F)c(C)c4c3c(c1CC(C)C(C)C2=O)[C@@H](N(C)C)CC4. The zero-order chi connectivity index (χ0) is 29.4. The number of carbonyl (C=O) groups excluding carboxylic acids is 2. The molecule has 4 atom stereocenters. The van der Waals surface area contributed by atoms with Crippen molar-refractivity contribution in [1.29, 1.82) is 0 Å². The number of allylic oxidation sites excluding steroid dienone is 2. The fraction of sp³-hybridized carbons (Fsp3) is 0.571. The minimum absolute atomic E-state index is 0.0299. The number of hydrogen-bond acceptors (Lipinski definition) is 5. The molecular formula is C35H43FN2O3. The number of fused-ring (bicyclic) bond motifs is 2. The Labute approximate surface area is 243 Å². The summed E-state index contributed by atoms with van der Waals surface area (Å²) in [6, 6.07) is 1.77. The van der Waals surface area contributed by atoms with Crippen molar-refractivity contribution in [3.05, 3.63) is 57.1 Å². The Morgan fingerprint density at radius 2 is 1.85 bits per heavy atom. The Balaban J connectivity index is 1.70. The number of ether oxygens (including phenoxy) is 1. The van der Waals surface area contributed by atoms with E-state index in [1.165, 1.54) is 5.56 Å². The fourth-order valence-corrected chi connectivity index (χ4v) is 8.17. The highest BCUT2D eigenvalue weighted by Crippen LogP contribution is 2.54. The number of cyclic esters (lactones) is 1. The van der Waals surface area contributed by atoms with Gasteiger partial charge in [0.25, 0.3) is 0 Å². The molecule has 1 saturated carbocycles. The van der Waals surface area contributed by atoms with E-state index in [1.54, 1.807) is 6.07 Å². The summed E-state index contributed by atoms with van der Waals surface area (Å²) < 4.78 is 21.1. The highest BCUT2D eigenvalue weighted by molar-refractivity contribution is 6.03. The van der Waals surface area contributed by atoms with Crippen molar-refractivity contribution in [2.24, 2.45) is 23.2 Å². The van der Waals surface area contributed by atoms with Gasteiger partial charge in [0.15, 0.2) is 5.78 Å². The highest BCUT2D eigenvalue weighted by Gasteiger charge is 2.54. The van der Waals surface area contributed by atoms with Gasteiger partial charge in [0, 0.05) is 29.0 Å². The molecule has 0 spiro atoms. The van der Waals surface area contributed by atoms with Crippen molar-refractivity contribution >= 4 is 28.2 Å². The van der Waals surface area contributed by atoms with E-state index < -0.39 is 5.41 Å². The number of Topliss-reactive ketones (excluding diaryl/α,β-unsaturated/α-hetero) is 1. The number of halogens is 1. The lowest BCUT2D eigenvalue weighted by Gasteiger charge is -2.47. The van der Waals surface area contributed by atoms with E-state index in [4.69, 9.17) is 9.72 Å². The van der Waals surface area contributed by atoms with Gasteiger partial charge < -0.3 is 9.64 Å². The zero-order valence-corrected chi connectivity index (χ0v) is 25.6. The van der Waals surface area contributed by atoms with Crippen molar-refractivity contribution in [2.45, 2.75) is 85.6 Å². The molecule has 41 heavy (non-hydrogen) atoms. The van der Waals surface area contributed by atoms with E-state index in [9.17, 15) is 9.59 Å². The topological polar surface area (TPSA) is 59.5 Å².